The number of carbonyl (C=O) groups is 1. The van der Waals surface area contributed by atoms with Crippen LogP contribution in [0.1, 0.15) is 10.4 Å². The van der Waals surface area contributed by atoms with E-state index >= 15 is 0 Å². The molecule has 2 rings (SSSR count). The molecule has 0 bridgehead atoms. The first-order valence-corrected chi connectivity index (χ1v) is 4.19. The van der Waals surface area contributed by atoms with Crippen LogP contribution in [0.2, 0.25) is 0 Å². The number of fused-ring (bicyclic) bond motifs is 1. The lowest BCUT2D eigenvalue weighted by molar-refractivity contribution is -0.0513. The molecule has 86 valence electrons. The van der Waals surface area contributed by atoms with Gasteiger partial charge in [-0.25, -0.2) is 4.79 Å². The molecular formula is C9H6F2O5. The van der Waals surface area contributed by atoms with E-state index in [4.69, 9.17) is 14.6 Å². The number of hydrogen-bond acceptors (Lipinski definition) is 4. The van der Waals surface area contributed by atoms with Gasteiger partial charge in [0.1, 0.15) is 0 Å². The third kappa shape index (κ3) is 1.83. The molecule has 1 N–H and O–H groups in total. The summed E-state index contributed by atoms with van der Waals surface area (Å²) in [6.07, 6.45) is 0. The highest BCUT2D eigenvalue weighted by Crippen LogP contribution is 2.42. The molecule has 0 atom stereocenters. The Morgan fingerprint density at radius 1 is 1.44 bits per heavy atom. The maximum atomic E-state index is 12.1. The number of alkyl halides is 2. The summed E-state index contributed by atoms with van der Waals surface area (Å²) < 4.78 is 38.1. The van der Waals surface area contributed by atoms with Gasteiger partial charge in [0.25, 0.3) is 0 Å². The Morgan fingerprint density at radius 2 is 2.19 bits per heavy atom. The summed E-state index contributed by atoms with van der Waals surface area (Å²) in [5.41, 5.74) is -0.208. The Labute approximate surface area is 88.1 Å². The highest BCUT2D eigenvalue weighted by Gasteiger charge is 2.24. The average Bonchev–Trinajstić information content (AvgIpc) is 2.64. The fourth-order valence-electron chi connectivity index (χ4n) is 1.28. The highest BCUT2D eigenvalue weighted by atomic mass is 19.3. The Hall–Kier alpha value is -2.05. The van der Waals surface area contributed by atoms with Crippen LogP contribution in [0.25, 0.3) is 0 Å². The van der Waals surface area contributed by atoms with E-state index in [1.54, 1.807) is 0 Å². The maximum Gasteiger partial charge on any atom is 0.387 e. The summed E-state index contributed by atoms with van der Waals surface area (Å²) in [5.74, 6) is -1.54. The summed E-state index contributed by atoms with van der Waals surface area (Å²) >= 11 is 0. The Bertz CT molecular complexity index is 432. The number of hydrogen-bond donors (Lipinski definition) is 1. The standard InChI is InChI=1S/C9H6F2O5/c10-9(11)16-6-2-4(8(12)13)1-5-7(6)15-3-14-5/h1-2,9H,3H2,(H,12,13). The minimum atomic E-state index is -3.06. The van der Waals surface area contributed by atoms with E-state index in [0.717, 1.165) is 6.07 Å². The Balaban J connectivity index is 2.45. The summed E-state index contributed by atoms with van der Waals surface area (Å²) in [7, 11) is 0. The van der Waals surface area contributed by atoms with E-state index in [9.17, 15) is 13.6 Å². The van der Waals surface area contributed by atoms with Gasteiger partial charge < -0.3 is 19.3 Å². The van der Waals surface area contributed by atoms with Gasteiger partial charge in [0.05, 0.1) is 5.56 Å². The van der Waals surface area contributed by atoms with Crippen molar-refractivity contribution in [1.82, 2.24) is 0 Å². The lowest BCUT2D eigenvalue weighted by atomic mass is 10.2. The highest BCUT2D eigenvalue weighted by molar-refractivity contribution is 5.89. The van der Waals surface area contributed by atoms with Gasteiger partial charge in [0, 0.05) is 0 Å². The van der Waals surface area contributed by atoms with Gasteiger partial charge in [0.15, 0.2) is 11.5 Å². The number of carboxylic acids is 1. The SMILES string of the molecule is O=C(O)c1cc2c(c(OC(F)F)c1)OCO2. The first-order chi connectivity index (χ1) is 7.58. The summed E-state index contributed by atoms with van der Waals surface area (Å²) in [6.45, 7) is -3.21. The van der Waals surface area contributed by atoms with Crippen LogP contribution in [0, 0.1) is 0 Å². The molecule has 0 amide bonds. The van der Waals surface area contributed by atoms with Crippen LogP contribution in [0.15, 0.2) is 12.1 Å². The molecule has 1 heterocycles. The van der Waals surface area contributed by atoms with Crippen molar-refractivity contribution in [3.05, 3.63) is 17.7 Å². The van der Waals surface area contributed by atoms with Crippen molar-refractivity contribution in [2.45, 2.75) is 6.61 Å². The molecule has 0 aromatic heterocycles. The van der Waals surface area contributed by atoms with Gasteiger partial charge in [-0.05, 0) is 12.1 Å². The zero-order valence-electron chi connectivity index (χ0n) is 7.78. The number of benzene rings is 1. The van der Waals surface area contributed by atoms with Crippen LogP contribution in [0.5, 0.6) is 17.2 Å². The number of carboxylic acid groups (broad SMARTS) is 1. The average molecular weight is 232 g/mol. The molecule has 16 heavy (non-hydrogen) atoms. The largest absolute Gasteiger partial charge is 0.478 e. The van der Waals surface area contributed by atoms with E-state index in [1.165, 1.54) is 6.07 Å². The monoisotopic (exact) mass is 232 g/mol. The number of ether oxygens (including phenoxy) is 3. The van der Waals surface area contributed by atoms with Gasteiger partial charge in [-0.2, -0.15) is 8.78 Å². The van der Waals surface area contributed by atoms with E-state index < -0.39 is 12.6 Å². The van der Waals surface area contributed by atoms with Crippen molar-refractivity contribution in [2.24, 2.45) is 0 Å². The van der Waals surface area contributed by atoms with E-state index in [0.29, 0.717) is 0 Å². The Morgan fingerprint density at radius 3 is 2.81 bits per heavy atom. The van der Waals surface area contributed by atoms with E-state index in [1.807, 2.05) is 0 Å². The molecular weight excluding hydrogens is 226 g/mol. The molecule has 0 unspecified atom stereocenters. The normalized spacial score (nSPS) is 12.9. The topological polar surface area (TPSA) is 65.0 Å². The number of aromatic carboxylic acids is 1. The van der Waals surface area contributed by atoms with Crippen LogP contribution < -0.4 is 14.2 Å². The molecule has 1 aliphatic rings. The van der Waals surface area contributed by atoms with Crippen molar-refractivity contribution >= 4 is 5.97 Å². The van der Waals surface area contributed by atoms with Gasteiger partial charge in [-0.15, -0.1) is 0 Å². The van der Waals surface area contributed by atoms with Crippen molar-refractivity contribution in [3.63, 3.8) is 0 Å². The second-order valence-electron chi connectivity index (χ2n) is 2.89. The van der Waals surface area contributed by atoms with E-state index in [2.05, 4.69) is 4.74 Å². The second kappa shape index (κ2) is 3.84. The van der Waals surface area contributed by atoms with Gasteiger partial charge in [-0.3, -0.25) is 0 Å². The first kappa shape index (κ1) is 10.5. The molecule has 0 spiro atoms. The van der Waals surface area contributed by atoms with Crippen molar-refractivity contribution in [3.8, 4) is 17.2 Å². The van der Waals surface area contributed by atoms with Crippen LogP contribution in [-0.4, -0.2) is 24.5 Å². The fraction of sp³-hybridized carbons (Fsp3) is 0.222. The third-order valence-electron chi connectivity index (χ3n) is 1.90. The molecule has 5 nitrogen and oxygen atoms in total. The molecule has 0 saturated carbocycles. The second-order valence-corrected chi connectivity index (χ2v) is 2.89. The predicted octanol–water partition coefficient (Wildman–Crippen LogP) is 1.71. The molecule has 0 radical (unpaired) electrons. The molecule has 0 fully saturated rings. The Kier molecular flexibility index (Phi) is 2.51. The minimum Gasteiger partial charge on any atom is -0.478 e. The zero-order chi connectivity index (χ0) is 11.7. The number of rotatable bonds is 3. The summed E-state index contributed by atoms with van der Waals surface area (Å²) in [5, 5.41) is 8.74. The maximum absolute atomic E-state index is 12.1. The molecule has 0 saturated heterocycles. The van der Waals surface area contributed by atoms with Crippen LogP contribution in [0.4, 0.5) is 8.78 Å². The zero-order valence-corrected chi connectivity index (χ0v) is 7.78. The molecule has 1 aromatic rings. The van der Waals surface area contributed by atoms with Crippen LogP contribution in [0.3, 0.4) is 0 Å². The van der Waals surface area contributed by atoms with Crippen LogP contribution in [-0.2, 0) is 0 Å². The third-order valence-corrected chi connectivity index (χ3v) is 1.90. The molecule has 7 heteroatoms. The van der Waals surface area contributed by atoms with Gasteiger partial charge >= 0.3 is 12.6 Å². The van der Waals surface area contributed by atoms with Crippen LogP contribution >= 0.6 is 0 Å². The molecule has 1 aromatic carbocycles. The summed E-state index contributed by atoms with van der Waals surface area (Å²) in [6, 6.07) is 2.14. The minimum absolute atomic E-state index is 0.00898. The molecule has 1 aliphatic heterocycles. The van der Waals surface area contributed by atoms with Crippen molar-refractivity contribution in [1.29, 1.82) is 0 Å². The lowest BCUT2D eigenvalue weighted by Gasteiger charge is -2.08. The van der Waals surface area contributed by atoms with Gasteiger partial charge in [-0.1, -0.05) is 0 Å². The van der Waals surface area contributed by atoms with Crippen molar-refractivity contribution < 1.29 is 32.9 Å². The van der Waals surface area contributed by atoms with E-state index in [-0.39, 0.29) is 29.6 Å². The smallest absolute Gasteiger partial charge is 0.387 e. The quantitative estimate of drug-likeness (QED) is 0.859. The predicted molar refractivity (Wildman–Crippen MR) is 46.2 cm³/mol. The van der Waals surface area contributed by atoms with Gasteiger partial charge in [0.2, 0.25) is 12.5 Å². The number of halogens is 2. The molecule has 0 aliphatic carbocycles. The fourth-order valence-corrected chi connectivity index (χ4v) is 1.28. The summed E-state index contributed by atoms with van der Waals surface area (Å²) in [4.78, 5) is 10.7. The first-order valence-electron chi connectivity index (χ1n) is 4.19. The lowest BCUT2D eigenvalue weighted by Crippen LogP contribution is -2.04. The van der Waals surface area contributed by atoms with Crippen molar-refractivity contribution in [2.75, 3.05) is 6.79 Å².